The van der Waals surface area contributed by atoms with Crippen molar-refractivity contribution in [3.05, 3.63) is 79.3 Å². The number of pyridine rings is 1. The summed E-state index contributed by atoms with van der Waals surface area (Å²) in [6.07, 6.45) is -1.36. The molecule has 1 aromatic carbocycles. The van der Waals surface area contributed by atoms with E-state index in [4.69, 9.17) is 11.6 Å². The lowest BCUT2D eigenvalue weighted by Crippen LogP contribution is -2.45. The number of nitrogens with zero attached hydrogens (tertiary/aromatic N) is 6. The fourth-order valence-corrected chi connectivity index (χ4v) is 5.04. The van der Waals surface area contributed by atoms with Crippen molar-refractivity contribution < 1.29 is 18.0 Å². The van der Waals surface area contributed by atoms with E-state index in [0.717, 1.165) is 6.07 Å². The Labute approximate surface area is 215 Å². The van der Waals surface area contributed by atoms with Crippen molar-refractivity contribution in [2.45, 2.75) is 32.1 Å². The maximum atomic E-state index is 13.4. The van der Waals surface area contributed by atoms with Crippen LogP contribution < -0.4 is 5.56 Å². The molecule has 3 aromatic heterocycles. The molecule has 0 fully saturated rings. The molecule has 5 rings (SSSR count). The molecule has 1 aliphatic heterocycles. The smallest absolute Gasteiger partial charge is 0.330 e. The van der Waals surface area contributed by atoms with Gasteiger partial charge in [0.05, 0.1) is 36.0 Å². The number of carbonyl (C=O) groups is 1. The fourth-order valence-electron chi connectivity index (χ4n) is 4.29. The van der Waals surface area contributed by atoms with Crippen LogP contribution in [0, 0.1) is 0 Å². The van der Waals surface area contributed by atoms with Crippen LogP contribution >= 0.6 is 27.5 Å². The first-order chi connectivity index (χ1) is 17.0. The number of imidazole rings is 1. The van der Waals surface area contributed by atoms with Gasteiger partial charge < -0.3 is 9.47 Å². The van der Waals surface area contributed by atoms with Gasteiger partial charge in [-0.3, -0.25) is 9.59 Å². The zero-order valence-electron chi connectivity index (χ0n) is 18.8. The predicted octanol–water partition coefficient (Wildman–Crippen LogP) is 4.54. The number of benzene rings is 1. The molecule has 0 saturated heterocycles. The van der Waals surface area contributed by atoms with Gasteiger partial charge >= 0.3 is 6.18 Å². The molecule has 4 heterocycles. The summed E-state index contributed by atoms with van der Waals surface area (Å²) in [5, 5.41) is -0.124. The van der Waals surface area contributed by atoms with Gasteiger partial charge in [-0.1, -0.05) is 15.9 Å². The summed E-state index contributed by atoms with van der Waals surface area (Å²) < 4.78 is 42.8. The van der Waals surface area contributed by atoms with Crippen LogP contribution in [0.15, 0.2) is 46.1 Å². The number of carbonyl (C=O) groups excluding carboxylic acids is 1. The van der Waals surface area contributed by atoms with Crippen molar-refractivity contribution in [3.8, 4) is 5.69 Å². The van der Waals surface area contributed by atoms with Gasteiger partial charge in [-0.15, -0.1) is 0 Å². The first-order valence-electron chi connectivity index (χ1n) is 10.7. The molecular formula is C23H17BrClF3N6O2. The van der Waals surface area contributed by atoms with Crippen molar-refractivity contribution in [1.82, 2.24) is 29.0 Å². The average Bonchev–Trinajstić information content (AvgIpc) is 3.18. The Kier molecular flexibility index (Phi) is 5.91. The number of aromatic nitrogens is 5. The lowest BCUT2D eigenvalue weighted by molar-refractivity contribution is -0.138. The minimum absolute atomic E-state index is 0.0694. The second-order valence-corrected chi connectivity index (χ2v) is 9.71. The largest absolute Gasteiger partial charge is 0.417 e. The Morgan fingerprint density at radius 2 is 1.97 bits per heavy atom. The number of hydrogen-bond acceptors (Lipinski definition) is 5. The number of alkyl halides is 3. The van der Waals surface area contributed by atoms with Crippen LogP contribution in [0.4, 0.5) is 13.2 Å². The molecule has 0 unspecified atom stereocenters. The van der Waals surface area contributed by atoms with Gasteiger partial charge in [0.1, 0.15) is 5.52 Å². The Morgan fingerprint density at radius 1 is 1.22 bits per heavy atom. The first kappa shape index (κ1) is 24.4. The van der Waals surface area contributed by atoms with Crippen LogP contribution in [0.3, 0.4) is 0 Å². The quantitative estimate of drug-likeness (QED) is 0.325. The molecule has 0 radical (unpaired) electrons. The van der Waals surface area contributed by atoms with Crippen LogP contribution in [0.2, 0.25) is 5.28 Å². The number of halogens is 5. The third-order valence-corrected chi connectivity index (χ3v) is 7.09. The zero-order chi connectivity index (χ0) is 25.9. The van der Waals surface area contributed by atoms with E-state index in [1.807, 2.05) is 0 Å². The van der Waals surface area contributed by atoms with Gasteiger partial charge in [-0.25, -0.2) is 19.5 Å². The van der Waals surface area contributed by atoms with E-state index in [1.54, 1.807) is 30.9 Å². The number of hydrogen-bond donors (Lipinski definition) is 0. The molecule has 186 valence electrons. The Morgan fingerprint density at radius 3 is 2.69 bits per heavy atom. The minimum atomic E-state index is -4.62. The second kappa shape index (κ2) is 8.70. The number of rotatable bonds is 2. The summed E-state index contributed by atoms with van der Waals surface area (Å²) in [7, 11) is 1.80. The Balaban J connectivity index is 1.51. The highest BCUT2D eigenvalue weighted by molar-refractivity contribution is 9.10. The zero-order valence-corrected chi connectivity index (χ0v) is 21.2. The van der Waals surface area contributed by atoms with Gasteiger partial charge in [0.2, 0.25) is 5.28 Å². The molecule has 13 heteroatoms. The average molecular weight is 582 g/mol. The predicted molar refractivity (Wildman–Crippen MR) is 129 cm³/mol. The summed E-state index contributed by atoms with van der Waals surface area (Å²) in [5.74, 6) is -0.599. The topological polar surface area (TPSA) is 85.9 Å². The fraction of sp³-hybridized carbons (Fsp3) is 0.261. The molecule has 0 bridgehead atoms. The maximum absolute atomic E-state index is 13.4. The van der Waals surface area contributed by atoms with E-state index >= 15 is 0 Å². The normalized spacial score (nSPS) is 15.9. The summed E-state index contributed by atoms with van der Waals surface area (Å²) in [6.45, 7) is 1.66. The summed E-state index contributed by atoms with van der Waals surface area (Å²) >= 11 is 9.28. The Bertz CT molecular complexity index is 1600. The van der Waals surface area contributed by atoms with Crippen LogP contribution in [0.25, 0.3) is 16.9 Å². The van der Waals surface area contributed by atoms with Gasteiger partial charge in [0, 0.05) is 28.7 Å². The van der Waals surface area contributed by atoms with Crippen LogP contribution in [0.1, 0.15) is 34.1 Å². The SMILES string of the molecule is C[C@@H]1Cc2c(nc(Cl)n(-c3cnc4c(c3)ncn4C)c2=O)CN1C(=O)c1ccc(Br)c(C(F)(F)F)c1. The molecule has 1 atom stereocenters. The van der Waals surface area contributed by atoms with Gasteiger partial charge in [-0.2, -0.15) is 13.2 Å². The van der Waals surface area contributed by atoms with E-state index in [9.17, 15) is 22.8 Å². The number of aryl methyl sites for hydroxylation is 1. The highest BCUT2D eigenvalue weighted by Gasteiger charge is 2.36. The lowest BCUT2D eigenvalue weighted by atomic mass is 9.98. The van der Waals surface area contributed by atoms with E-state index < -0.39 is 29.2 Å². The van der Waals surface area contributed by atoms with Crippen molar-refractivity contribution in [2.24, 2.45) is 7.05 Å². The molecule has 4 aromatic rings. The minimum Gasteiger partial charge on any atom is -0.330 e. The van der Waals surface area contributed by atoms with Gasteiger partial charge in [0.15, 0.2) is 5.65 Å². The van der Waals surface area contributed by atoms with E-state index in [1.165, 1.54) is 27.8 Å². The monoisotopic (exact) mass is 580 g/mol. The van der Waals surface area contributed by atoms with E-state index in [2.05, 4.69) is 30.9 Å². The molecule has 0 saturated carbocycles. The number of fused-ring (bicyclic) bond motifs is 2. The highest BCUT2D eigenvalue weighted by Crippen LogP contribution is 2.36. The third-order valence-electron chi connectivity index (χ3n) is 6.15. The molecule has 1 amide bonds. The van der Waals surface area contributed by atoms with Crippen molar-refractivity contribution >= 4 is 44.6 Å². The number of amides is 1. The second-order valence-electron chi connectivity index (χ2n) is 8.52. The van der Waals surface area contributed by atoms with Crippen LogP contribution in [-0.2, 0) is 26.2 Å². The standard InChI is InChI=1S/C23H17BrClF3N6O2/c1-11-5-14-18(9-33(11)20(35)12-3-4-16(24)15(6-12)23(26,27)28)31-22(25)34(21(14)36)13-7-17-19(29-8-13)32(2)10-30-17/h3-4,6-8,10-11H,5,9H2,1-2H3/t11-/m1/s1. The summed E-state index contributed by atoms with van der Waals surface area (Å²) in [5.41, 5.74) is 0.829. The summed E-state index contributed by atoms with van der Waals surface area (Å²) in [6, 6.07) is 4.54. The van der Waals surface area contributed by atoms with Crippen LogP contribution in [-0.4, -0.2) is 40.9 Å². The van der Waals surface area contributed by atoms with Crippen molar-refractivity contribution in [3.63, 3.8) is 0 Å². The highest BCUT2D eigenvalue weighted by atomic mass is 79.9. The summed E-state index contributed by atoms with van der Waals surface area (Å²) in [4.78, 5) is 40.9. The molecule has 1 aliphatic rings. The van der Waals surface area contributed by atoms with Crippen molar-refractivity contribution in [1.29, 1.82) is 0 Å². The third kappa shape index (κ3) is 4.07. The maximum Gasteiger partial charge on any atom is 0.417 e. The first-order valence-corrected chi connectivity index (χ1v) is 11.9. The molecule has 0 spiro atoms. The van der Waals surface area contributed by atoms with Crippen LogP contribution in [0.5, 0.6) is 0 Å². The molecule has 0 aliphatic carbocycles. The van der Waals surface area contributed by atoms with Gasteiger partial charge in [-0.05, 0) is 49.2 Å². The molecular weight excluding hydrogens is 565 g/mol. The van der Waals surface area contributed by atoms with Crippen molar-refractivity contribution in [2.75, 3.05) is 0 Å². The Hall–Kier alpha value is -3.25. The van der Waals surface area contributed by atoms with Gasteiger partial charge in [0.25, 0.3) is 11.5 Å². The molecule has 36 heavy (non-hydrogen) atoms. The molecule has 0 N–H and O–H groups in total. The molecule has 8 nitrogen and oxygen atoms in total. The van der Waals surface area contributed by atoms with E-state index in [-0.39, 0.29) is 28.3 Å². The van der Waals surface area contributed by atoms with E-state index in [0.29, 0.717) is 28.1 Å². The lowest BCUT2D eigenvalue weighted by Gasteiger charge is -2.34.